The summed E-state index contributed by atoms with van der Waals surface area (Å²) in [6.07, 6.45) is 1.56. The third-order valence-corrected chi connectivity index (χ3v) is 4.75. The lowest BCUT2D eigenvalue weighted by molar-refractivity contribution is 0.0940. The molecule has 1 N–H and O–H groups in total. The second-order valence-corrected chi connectivity index (χ2v) is 6.89. The van der Waals surface area contributed by atoms with Crippen molar-refractivity contribution in [2.24, 2.45) is 0 Å². The number of nitrogens with zero attached hydrogens (tertiary/aromatic N) is 2. The number of benzene rings is 2. The Bertz CT molecular complexity index is 1100. The Balaban J connectivity index is 1.73. The topological polar surface area (TPSA) is 60.1 Å². The van der Waals surface area contributed by atoms with Crippen molar-refractivity contribution in [1.29, 1.82) is 0 Å². The van der Waals surface area contributed by atoms with E-state index in [0.29, 0.717) is 32.9 Å². The fraction of sp³-hybridized carbons (Fsp3) is 0.0476. The van der Waals surface area contributed by atoms with E-state index in [-0.39, 0.29) is 12.5 Å². The van der Waals surface area contributed by atoms with Crippen molar-refractivity contribution in [2.75, 3.05) is 0 Å². The average Bonchev–Trinajstić information content (AvgIpc) is 3.37. The molecule has 0 atom stereocenters. The van der Waals surface area contributed by atoms with Gasteiger partial charge in [-0.25, -0.2) is 4.68 Å². The zero-order chi connectivity index (χ0) is 19.5. The molecule has 28 heavy (non-hydrogen) atoms. The molecular weight excluding hydrogens is 397 g/mol. The number of furan rings is 1. The van der Waals surface area contributed by atoms with Crippen LogP contribution in [-0.2, 0) is 6.54 Å². The number of carbonyl (C=O) groups is 1. The first-order valence-corrected chi connectivity index (χ1v) is 9.29. The second kappa shape index (κ2) is 7.92. The van der Waals surface area contributed by atoms with Crippen LogP contribution in [0.2, 0.25) is 10.0 Å². The molecule has 7 heteroatoms. The molecule has 2 heterocycles. The monoisotopic (exact) mass is 411 g/mol. The molecule has 0 spiro atoms. The van der Waals surface area contributed by atoms with Crippen molar-refractivity contribution < 1.29 is 9.21 Å². The summed E-state index contributed by atoms with van der Waals surface area (Å²) in [7, 11) is 0. The van der Waals surface area contributed by atoms with Gasteiger partial charge < -0.3 is 9.73 Å². The number of hydrogen-bond donors (Lipinski definition) is 1. The number of aromatic nitrogens is 2. The third kappa shape index (κ3) is 3.81. The number of nitrogens with one attached hydrogen (secondary N) is 1. The van der Waals surface area contributed by atoms with Gasteiger partial charge in [-0.3, -0.25) is 4.79 Å². The van der Waals surface area contributed by atoms with E-state index in [2.05, 4.69) is 10.4 Å². The summed E-state index contributed by atoms with van der Waals surface area (Å²) in [6, 6.07) is 19.8. The Hall–Kier alpha value is -3.02. The van der Waals surface area contributed by atoms with Crippen LogP contribution in [0.4, 0.5) is 0 Å². The molecular formula is C21H15Cl2N3O2. The Labute approximate surface area is 171 Å². The molecule has 0 aliphatic rings. The molecule has 2 aromatic carbocycles. The van der Waals surface area contributed by atoms with Gasteiger partial charge in [0.05, 0.1) is 29.2 Å². The lowest BCUT2D eigenvalue weighted by atomic mass is 10.1. The SMILES string of the molecule is O=C(NCc1ccco1)c1cc(-c2ccccc2Cl)nn1-c1ccc(Cl)cc1. The summed E-state index contributed by atoms with van der Waals surface area (Å²) in [5.74, 6) is 0.384. The van der Waals surface area contributed by atoms with Crippen LogP contribution in [0.5, 0.6) is 0 Å². The van der Waals surface area contributed by atoms with Crippen LogP contribution in [0.3, 0.4) is 0 Å². The van der Waals surface area contributed by atoms with Crippen molar-refractivity contribution in [2.45, 2.75) is 6.54 Å². The predicted octanol–water partition coefficient (Wildman–Crippen LogP) is 5.37. The highest BCUT2D eigenvalue weighted by Gasteiger charge is 2.19. The molecule has 0 saturated carbocycles. The van der Waals surface area contributed by atoms with E-state index >= 15 is 0 Å². The van der Waals surface area contributed by atoms with E-state index in [1.165, 1.54) is 0 Å². The van der Waals surface area contributed by atoms with Gasteiger partial charge in [-0.15, -0.1) is 0 Å². The maximum atomic E-state index is 12.9. The smallest absolute Gasteiger partial charge is 0.270 e. The Kier molecular flexibility index (Phi) is 5.19. The highest BCUT2D eigenvalue weighted by Crippen LogP contribution is 2.28. The summed E-state index contributed by atoms with van der Waals surface area (Å²) >= 11 is 12.3. The highest BCUT2D eigenvalue weighted by atomic mass is 35.5. The van der Waals surface area contributed by atoms with Gasteiger partial charge >= 0.3 is 0 Å². The Morgan fingerprint density at radius 3 is 2.54 bits per heavy atom. The fourth-order valence-electron chi connectivity index (χ4n) is 2.79. The summed E-state index contributed by atoms with van der Waals surface area (Å²) in [6.45, 7) is 0.277. The van der Waals surface area contributed by atoms with Gasteiger partial charge in [0.25, 0.3) is 5.91 Å². The van der Waals surface area contributed by atoms with E-state index in [4.69, 9.17) is 27.6 Å². The first-order chi connectivity index (χ1) is 13.6. The van der Waals surface area contributed by atoms with Gasteiger partial charge in [-0.1, -0.05) is 41.4 Å². The lowest BCUT2D eigenvalue weighted by Gasteiger charge is -2.08. The molecule has 2 aromatic heterocycles. The number of rotatable bonds is 5. The Morgan fingerprint density at radius 1 is 1.04 bits per heavy atom. The molecule has 0 aliphatic heterocycles. The van der Waals surface area contributed by atoms with Gasteiger partial charge in [-0.2, -0.15) is 5.10 Å². The van der Waals surface area contributed by atoms with Crippen molar-refractivity contribution >= 4 is 29.1 Å². The molecule has 140 valence electrons. The van der Waals surface area contributed by atoms with Crippen LogP contribution in [-0.4, -0.2) is 15.7 Å². The average molecular weight is 412 g/mol. The third-order valence-electron chi connectivity index (χ3n) is 4.17. The fourth-order valence-corrected chi connectivity index (χ4v) is 3.15. The molecule has 5 nitrogen and oxygen atoms in total. The maximum absolute atomic E-state index is 12.9. The minimum absolute atomic E-state index is 0.277. The van der Waals surface area contributed by atoms with Crippen molar-refractivity contribution in [3.63, 3.8) is 0 Å². The summed E-state index contributed by atoms with van der Waals surface area (Å²) in [4.78, 5) is 12.9. The van der Waals surface area contributed by atoms with E-state index in [1.807, 2.05) is 18.2 Å². The number of hydrogen-bond acceptors (Lipinski definition) is 3. The van der Waals surface area contributed by atoms with Crippen LogP contribution >= 0.6 is 23.2 Å². The van der Waals surface area contributed by atoms with E-state index < -0.39 is 0 Å². The standard InChI is InChI=1S/C21H15Cl2N3O2/c22-14-7-9-15(10-8-14)26-20(21(27)24-13-16-4-3-11-28-16)12-19(25-26)17-5-1-2-6-18(17)23/h1-12H,13H2,(H,24,27). The number of halogens is 2. The van der Waals surface area contributed by atoms with Crippen molar-refractivity contribution in [3.05, 3.63) is 94.5 Å². The first kappa shape index (κ1) is 18.3. The van der Waals surface area contributed by atoms with Crippen molar-refractivity contribution in [3.8, 4) is 16.9 Å². The largest absolute Gasteiger partial charge is 0.467 e. The molecule has 0 radical (unpaired) electrons. The highest BCUT2D eigenvalue weighted by molar-refractivity contribution is 6.33. The van der Waals surface area contributed by atoms with Crippen LogP contribution in [0.25, 0.3) is 16.9 Å². The van der Waals surface area contributed by atoms with Gasteiger partial charge in [0.1, 0.15) is 11.5 Å². The summed E-state index contributed by atoms with van der Waals surface area (Å²) in [5.41, 5.74) is 2.44. The Morgan fingerprint density at radius 2 is 1.82 bits per heavy atom. The van der Waals surface area contributed by atoms with E-state index in [1.54, 1.807) is 59.5 Å². The van der Waals surface area contributed by atoms with Crippen LogP contribution in [0.1, 0.15) is 16.2 Å². The van der Waals surface area contributed by atoms with Crippen LogP contribution in [0, 0.1) is 0 Å². The van der Waals surface area contributed by atoms with Crippen LogP contribution in [0.15, 0.2) is 77.4 Å². The minimum Gasteiger partial charge on any atom is -0.467 e. The van der Waals surface area contributed by atoms with Gasteiger partial charge in [0.15, 0.2) is 0 Å². The second-order valence-electron chi connectivity index (χ2n) is 6.04. The maximum Gasteiger partial charge on any atom is 0.270 e. The molecule has 0 aliphatic carbocycles. The van der Waals surface area contributed by atoms with E-state index in [9.17, 15) is 4.79 Å². The van der Waals surface area contributed by atoms with Gasteiger partial charge in [0, 0.05) is 10.6 Å². The van der Waals surface area contributed by atoms with Gasteiger partial charge in [-0.05, 0) is 48.5 Å². The van der Waals surface area contributed by atoms with E-state index in [0.717, 1.165) is 5.56 Å². The lowest BCUT2D eigenvalue weighted by Crippen LogP contribution is -2.25. The molecule has 1 amide bonds. The molecule has 4 aromatic rings. The quantitative estimate of drug-likeness (QED) is 0.480. The minimum atomic E-state index is -0.280. The molecule has 0 fully saturated rings. The zero-order valence-corrected chi connectivity index (χ0v) is 16.1. The number of carbonyl (C=O) groups excluding carboxylic acids is 1. The first-order valence-electron chi connectivity index (χ1n) is 8.53. The molecule has 0 unspecified atom stereocenters. The summed E-state index contributed by atoms with van der Waals surface area (Å²) in [5, 5.41) is 8.63. The number of amides is 1. The normalized spacial score (nSPS) is 10.8. The molecule has 4 rings (SSSR count). The zero-order valence-electron chi connectivity index (χ0n) is 14.6. The van der Waals surface area contributed by atoms with Gasteiger partial charge in [0.2, 0.25) is 0 Å². The summed E-state index contributed by atoms with van der Waals surface area (Å²) < 4.78 is 6.84. The van der Waals surface area contributed by atoms with Crippen molar-refractivity contribution in [1.82, 2.24) is 15.1 Å². The predicted molar refractivity (Wildman–Crippen MR) is 109 cm³/mol. The molecule has 0 bridgehead atoms. The molecule has 0 saturated heterocycles. The van der Waals surface area contributed by atoms with Crippen LogP contribution < -0.4 is 5.32 Å².